The summed E-state index contributed by atoms with van der Waals surface area (Å²) >= 11 is 0. The number of aromatic nitrogens is 1. The van der Waals surface area contributed by atoms with E-state index in [-0.39, 0.29) is 16.3 Å². The lowest BCUT2D eigenvalue weighted by atomic mass is 10.3. The molecule has 0 aliphatic carbocycles. The van der Waals surface area contributed by atoms with Gasteiger partial charge < -0.3 is 0 Å². The third-order valence-electron chi connectivity index (χ3n) is 4.39. The minimum atomic E-state index is -3.71. The van der Waals surface area contributed by atoms with Crippen molar-refractivity contribution < 1.29 is 16.8 Å². The molecule has 3 rings (SSSR count). The van der Waals surface area contributed by atoms with E-state index in [1.54, 1.807) is 24.5 Å². The van der Waals surface area contributed by atoms with Gasteiger partial charge in [0.05, 0.1) is 9.79 Å². The largest absolute Gasteiger partial charge is 0.265 e. The molecule has 9 heteroatoms. The van der Waals surface area contributed by atoms with E-state index in [0.29, 0.717) is 13.1 Å². The van der Waals surface area contributed by atoms with Gasteiger partial charge in [-0.25, -0.2) is 16.8 Å². The molecule has 1 aromatic carbocycles. The molecule has 26 heavy (non-hydrogen) atoms. The summed E-state index contributed by atoms with van der Waals surface area (Å²) in [5.74, 6) is 0. The molecule has 0 spiro atoms. The second-order valence-corrected chi connectivity index (χ2v) is 10.2. The zero-order valence-electron chi connectivity index (χ0n) is 14.4. The second kappa shape index (κ2) is 7.43. The Hall–Kier alpha value is -1.81. The van der Waals surface area contributed by atoms with Crippen LogP contribution in [0.3, 0.4) is 0 Å². The summed E-state index contributed by atoms with van der Waals surface area (Å²) in [6.45, 7) is 1.23. The van der Waals surface area contributed by atoms with E-state index in [2.05, 4.69) is 4.98 Å². The molecule has 1 saturated heterocycles. The fourth-order valence-electron chi connectivity index (χ4n) is 2.87. The minimum absolute atomic E-state index is 0.0643. The van der Waals surface area contributed by atoms with Gasteiger partial charge in [-0.1, -0.05) is 0 Å². The molecule has 1 fully saturated rings. The average molecular weight is 396 g/mol. The first kappa shape index (κ1) is 19.0. The van der Waals surface area contributed by atoms with Crippen LogP contribution in [0.2, 0.25) is 0 Å². The summed E-state index contributed by atoms with van der Waals surface area (Å²) in [6, 6.07) is 8.92. The highest BCUT2D eigenvalue weighted by atomic mass is 32.2. The topological polar surface area (TPSA) is 87.6 Å². The van der Waals surface area contributed by atoms with Crippen LogP contribution in [-0.4, -0.2) is 50.6 Å². The van der Waals surface area contributed by atoms with Crippen LogP contribution in [0.5, 0.6) is 0 Å². The Bertz CT molecular complexity index is 953. The molecule has 140 valence electrons. The highest BCUT2D eigenvalue weighted by Crippen LogP contribution is 2.23. The van der Waals surface area contributed by atoms with Gasteiger partial charge in [0.1, 0.15) is 0 Å². The maximum atomic E-state index is 12.7. The summed E-state index contributed by atoms with van der Waals surface area (Å²) in [5, 5.41) is 0. The van der Waals surface area contributed by atoms with Gasteiger partial charge >= 0.3 is 0 Å². The van der Waals surface area contributed by atoms with E-state index in [0.717, 1.165) is 18.4 Å². The Balaban J connectivity index is 1.80. The number of pyridine rings is 1. The van der Waals surface area contributed by atoms with Gasteiger partial charge in [0.25, 0.3) is 0 Å². The van der Waals surface area contributed by atoms with E-state index in [4.69, 9.17) is 0 Å². The highest BCUT2D eigenvalue weighted by Gasteiger charge is 2.28. The van der Waals surface area contributed by atoms with Crippen LogP contribution in [0.25, 0.3) is 0 Å². The smallest absolute Gasteiger partial charge is 0.243 e. The molecule has 0 atom stereocenters. The van der Waals surface area contributed by atoms with E-state index in [9.17, 15) is 16.8 Å². The first-order chi connectivity index (χ1) is 12.3. The Morgan fingerprint density at radius 2 is 1.46 bits per heavy atom. The number of hydrogen-bond acceptors (Lipinski definition) is 5. The summed E-state index contributed by atoms with van der Waals surface area (Å²) < 4.78 is 53.1. The molecule has 0 radical (unpaired) electrons. The van der Waals surface area contributed by atoms with Gasteiger partial charge in [0, 0.05) is 39.1 Å². The number of rotatable bonds is 6. The van der Waals surface area contributed by atoms with E-state index in [1.807, 2.05) is 0 Å². The maximum Gasteiger partial charge on any atom is 0.243 e. The Labute approximate surface area is 154 Å². The molecule has 0 unspecified atom stereocenters. The number of nitrogens with zero attached hydrogens (tertiary/aromatic N) is 3. The molecule has 1 aromatic heterocycles. The van der Waals surface area contributed by atoms with Gasteiger partial charge in [-0.2, -0.15) is 8.61 Å². The predicted octanol–water partition coefficient (Wildman–Crippen LogP) is 1.69. The fourth-order valence-corrected chi connectivity index (χ4v) is 5.55. The van der Waals surface area contributed by atoms with Crippen molar-refractivity contribution in [3.05, 3.63) is 54.4 Å². The van der Waals surface area contributed by atoms with Crippen LogP contribution in [0.15, 0.2) is 58.6 Å². The van der Waals surface area contributed by atoms with Crippen molar-refractivity contribution in [3.63, 3.8) is 0 Å². The summed E-state index contributed by atoms with van der Waals surface area (Å²) in [4.78, 5) is 4.09. The molecule has 1 aliphatic heterocycles. The second-order valence-electron chi connectivity index (χ2n) is 6.20. The van der Waals surface area contributed by atoms with Gasteiger partial charge in [0.15, 0.2) is 0 Å². The van der Waals surface area contributed by atoms with Crippen LogP contribution in [0.4, 0.5) is 0 Å². The minimum Gasteiger partial charge on any atom is -0.265 e. The molecule has 0 N–H and O–H groups in total. The van der Waals surface area contributed by atoms with Crippen molar-refractivity contribution in [3.8, 4) is 0 Å². The zero-order valence-corrected chi connectivity index (χ0v) is 16.1. The number of hydrogen-bond donors (Lipinski definition) is 0. The lowest BCUT2D eigenvalue weighted by Crippen LogP contribution is -2.28. The van der Waals surface area contributed by atoms with Crippen LogP contribution in [0, 0.1) is 0 Å². The van der Waals surface area contributed by atoms with Gasteiger partial charge in [-0.15, -0.1) is 0 Å². The first-order valence-electron chi connectivity index (χ1n) is 8.27. The van der Waals surface area contributed by atoms with E-state index in [1.165, 1.54) is 39.9 Å². The van der Waals surface area contributed by atoms with Crippen molar-refractivity contribution in [1.29, 1.82) is 0 Å². The van der Waals surface area contributed by atoms with Crippen molar-refractivity contribution in [2.45, 2.75) is 29.2 Å². The molecule has 0 amide bonds. The quantitative estimate of drug-likeness (QED) is 0.743. The molecule has 1 aliphatic rings. The van der Waals surface area contributed by atoms with Crippen molar-refractivity contribution >= 4 is 20.0 Å². The van der Waals surface area contributed by atoms with Crippen LogP contribution in [0.1, 0.15) is 18.4 Å². The Kier molecular flexibility index (Phi) is 5.42. The Morgan fingerprint density at radius 3 is 2.04 bits per heavy atom. The normalized spacial score (nSPS) is 16.2. The highest BCUT2D eigenvalue weighted by molar-refractivity contribution is 7.89. The fraction of sp³-hybridized carbons (Fsp3) is 0.353. The van der Waals surface area contributed by atoms with Crippen molar-refractivity contribution in [2.75, 3.05) is 20.1 Å². The molecular formula is C17H21N3O4S2. The zero-order chi connectivity index (χ0) is 18.8. The van der Waals surface area contributed by atoms with E-state index >= 15 is 0 Å². The van der Waals surface area contributed by atoms with Crippen LogP contribution >= 0.6 is 0 Å². The monoisotopic (exact) mass is 395 g/mol. The molecule has 2 aromatic rings. The maximum absolute atomic E-state index is 12.7. The summed E-state index contributed by atoms with van der Waals surface area (Å²) in [7, 11) is -5.78. The SMILES string of the molecule is CN(Cc1ccncc1)S(=O)(=O)c1ccc(S(=O)(=O)N2CCCC2)cc1. The van der Waals surface area contributed by atoms with Gasteiger partial charge in [-0.3, -0.25) is 4.98 Å². The van der Waals surface area contributed by atoms with E-state index < -0.39 is 20.0 Å². The molecule has 0 bridgehead atoms. The standard InChI is InChI=1S/C17H21N3O4S2/c1-19(14-15-8-10-18-11-9-15)25(21,22)16-4-6-17(7-5-16)26(23,24)20-12-2-3-13-20/h4-11H,2-3,12-14H2,1H3. The number of sulfonamides is 2. The summed E-state index contributed by atoms with van der Waals surface area (Å²) in [5.41, 5.74) is 0.819. The third-order valence-corrected chi connectivity index (χ3v) is 8.12. The van der Waals surface area contributed by atoms with Crippen molar-refractivity contribution in [2.24, 2.45) is 0 Å². The third kappa shape index (κ3) is 3.80. The average Bonchev–Trinajstić information content (AvgIpc) is 3.18. The Morgan fingerprint density at radius 1 is 0.923 bits per heavy atom. The van der Waals surface area contributed by atoms with Gasteiger partial charge in [0.2, 0.25) is 20.0 Å². The molecule has 0 saturated carbocycles. The lowest BCUT2D eigenvalue weighted by Gasteiger charge is -2.18. The van der Waals surface area contributed by atoms with Crippen LogP contribution in [-0.2, 0) is 26.6 Å². The van der Waals surface area contributed by atoms with Gasteiger partial charge in [-0.05, 0) is 54.8 Å². The predicted molar refractivity (Wildman–Crippen MR) is 97.3 cm³/mol. The lowest BCUT2D eigenvalue weighted by molar-refractivity contribution is 0.466. The summed E-state index contributed by atoms with van der Waals surface area (Å²) in [6.07, 6.45) is 4.92. The van der Waals surface area contributed by atoms with Crippen molar-refractivity contribution in [1.82, 2.24) is 13.6 Å². The first-order valence-corrected chi connectivity index (χ1v) is 11.2. The van der Waals surface area contributed by atoms with Crippen LogP contribution < -0.4 is 0 Å². The molecule has 2 heterocycles. The number of benzene rings is 1. The molecular weight excluding hydrogens is 374 g/mol. The molecule has 7 nitrogen and oxygen atoms in total.